The van der Waals surface area contributed by atoms with Crippen LogP contribution in [0.2, 0.25) is 18.1 Å². The lowest BCUT2D eigenvalue weighted by Gasteiger charge is -2.40. The molecule has 2 aromatic rings. The minimum absolute atomic E-state index is 0.0628. The summed E-state index contributed by atoms with van der Waals surface area (Å²) in [7, 11) is 0.886. The van der Waals surface area contributed by atoms with E-state index in [1.54, 1.807) is 14.2 Å². The number of hydrogen-bond acceptors (Lipinski definition) is 12. The van der Waals surface area contributed by atoms with Gasteiger partial charge in [-0.3, -0.25) is 24.2 Å². The Hall–Kier alpha value is -4.27. The second-order valence-corrected chi connectivity index (χ2v) is 19.9. The van der Waals surface area contributed by atoms with Gasteiger partial charge in [0.05, 0.1) is 46.0 Å². The maximum atomic E-state index is 13.8. The topological polar surface area (TPSA) is 134 Å². The summed E-state index contributed by atoms with van der Waals surface area (Å²) < 4.78 is 41.4. The normalized spacial score (nSPS) is 24.6. The first-order valence-electron chi connectivity index (χ1n) is 17.5. The van der Waals surface area contributed by atoms with Crippen LogP contribution in [0.1, 0.15) is 49.4 Å². The highest BCUT2D eigenvalue weighted by molar-refractivity contribution is 6.74. The molecule has 4 atom stereocenters. The van der Waals surface area contributed by atoms with E-state index < -0.39 is 32.1 Å². The highest BCUT2D eigenvalue weighted by Gasteiger charge is 2.53. The van der Waals surface area contributed by atoms with Crippen LogP contribution in [0, 0.1) is 11.8 Å². The molecule has 0 saturated carbocycles. The van der Waals surface area contributed by atoms with Crippen molar-refractivity contribution in [3.8, 4) is 28.7 Å². The van der Waals surface area contributed by atoms with E-state index in [9.17, 15) is 14.4 Å². The summed E-state index contributed by atoms with van der Waals surface area (Å²) in [6, 6.07) is 7.09. The molecule has 0 unspecified atom stereocenters. The third kappa shape index (κ3) is 6.31. The highest BCUT2D eigenvalue weighted by Crippen LogP contribution is 2.56. The molecule has 5 aliphatic rings. The van der Waals surface area contributed by atoms with Crippen LogP contribution in [0.5, 0.6) is 28.7 Å². The molecule has 0 aromatic heterocycles. The molecule has 2 aromatic carbocycles. The van der Waals surface area contributed by atoms with Crippen molar-refractivity contribution in [3.63, 3.8) is 0 Å². The Morgan fingerprint density at radius 1 is 0.902 bits per heavy atom. The first-order valence-corrected chi connectivity index (χ1v) is 20.4. The number of rotatable bonds is 10. The van der Waals surface area contributed by atoms with Crippen molar-refractivity contribution in [2.75, 3.05) is 67.0 Å². The molecule has 0 radical (unpaired) electrons. The number of carbonyl (C=O) groups excluding carboxylic acids is 3. The van der Waals surface area contributed by atoms with Crippen molar-refractivity contribution in [2.45, 2.75) is 50.9 Å². The quantitative estimate of drug-likeness (QED) is 0.216. The van der Waals surface area contributed by atoms with E-state index >= 15 is 0 Å². The zero-order valence-electron chi connectivity index (χ0n) is 30.3. The Morgan fingerprint density at radius 3 is 2.18 bits per heavy atom. The number of morpholine rings is 1. The molecule has 274 valence electrons. The fourth-order valence-corrected chi connectivity index (χ4v) is 8.41. The molecule has 51 heavy (non-hydrogen) atoms. The predicted octanol–water partition coefficient (Wildman–Crippen LogP) is 3.97. The number of nitrogens with one attached hydrogen (secondary N) is 1. The predicted molar refractivity (Wildman–Crippen MR) is 188 cm³/mol. The van der Waals surface area contributed by atoms with Crippen LogP contribution in [-0.2, 0) is 23.9 Å². The van der Waals surface area contributed by atoms with Gasteiger partial charge in [0.25, 0.3) is 20.1 Å². The van der Waals surface area contributed by atoms with Crippen LogP contribution in [0.15, 0.2) is 36.0 Å². The monoisotopic (exact) mass is 721 g/mol. The lowest BCUT2D eigenvalue weighted by molar-refractivity contribution is -0.141. The van der Waals surface area contributed by atoms with Crippen LogP contribution in [0.4, 0.5) is 0 Å². The van der Waals surface area contributed by atoms with E-state index in [2.05, 4.69) is 44.1 Å². The Labute approximate surface area is 299 Å². The second-order valence-electron chi connectivity index (χ2n) is 15.2. The van der Waals surface area contributed by atoms with Gasteiger partial charge in [0.1, 0.15) is 5.70 Å². The van der Waals surface area contributed by atoms with Crippen molar-refractivity contribution in [1.29, 1.82) is 0 Å². The van der Waals surface area contributed by atoms with Crippen molar-refractivity contribution in [1.82, 2.24) is 15.1 Å². The van der Waals surface area contributed by atoms with Gasteiger partial charge in [0.15, 0.2) is 28.7 Å². The number of fused-ring (bicyclic) bond motifs is 3. The molecule has 2 fully saturated rings. The lowest BCUT2D eigenvalue weighted by atomic mass is 9.65. The van der Waals surface area contributed by atoms with Gasteiger partial charge < -0.3 is 38.2 Å². The van der Waals surface area contributed by atoms with Crippen molar-refractivity contribution in [2.24, 2.45) is 11.8 Å². The Morgan fingerprint density at radius 2 is 1.55 bits per heavy atom. The molecule has 0 bridgehead atoms. The molecular weight excluding hydrogens is 675 g/mol. The minimum Gasteiger partial charge on any atom is -0.539 e. The van der Waals surface area contributed by atoms with Gasteiger partial charge in [0.2, 0.25) is 6.79 Å². The van der Waals surface area contributed by atoms with Crippen LogP contribution in [0.3, 0.4) is 0 Å². The summed E-state index contributed by atoms with van der Waals surface area (Å²) in [6.45, 7) is 14.6. The first kappa shape index (κ1) is 35.1. The van der Waals surface area contributed by atoms with E-state index in [0.29, 0.717) is 48.5 Å². The highest BCUT2D eigenvalue weighted by atomic mass is 28.4. The zero-order chi connectivity index (χ0) is 36.2. The maximum absolute atomic E-state index is 13.8. The largest absolute Gasteiger partial charge is 0.539 e. The number of esters is 1. The van der Waals surface area contributed by atoms with E-state index in [4.69, 9.17) is 32.8 Å². The Balaban J connectivity index is 1.26. The van der Waals surface area contributed by atoms with E-state index in [-0.39, 0.29) is 48.5 Å². The number of cyclic esters (lactones) is 1. The summed E-state index contributed by atoms with van der Waals surface area (Å²) >= 11 is 0. The summed E-state index contributed by atoms with van der Waals surface area (Å²) in [5, 5.41) is 3.32. The summed E-state index contributed by atoms with van der Waals surface area (Å²) in [6.07, 6.45) is 1.35. The van der Waals surface area contributed by atoms with Gasteiger partial charge in [-0.25, -0.2) is 0 Å². The number of ether oxygens (including phenoxy) is 6. The fourth-order valence-electron chi connectivity index (χ4n) is 7.39. The van der Waals surface area contributed by atoms with Crippen LogP contribution >= 0.6 is 0 Å². The molecule has 0 spiro atoms. The second kappa shape index (κ2) is 13.4. The van der Waals surface area contributed by atoms with Crippen molar-refractivity contribution < 1.29 is 47.2 Å². The van der Waals surface area contributed by atoms with E-state index in [0.717, 1.165) is 29.8 Å². The molecular formula is C37H47N3O10Si. The molecule has 13 nitrogen and oxygen atoms in total. The standard InChI is InChI=1S/C37H47N3O10Si/c1-37(2,3)51(6,7)50-34-28(44-4)14-21(15-29(34)45-5)31-22-16-26-27(49-20-48-26)17-23(22)33(24-19-47-36(43)32(24)31)38-25-18-30(41)40(35(25)42)9-8-39-10-12-46-13-11-39/h14-18,24,31-33,38H,8-13,19-20H2,1-7H3/t24-,31+,32-,33+/m0/s1. The SMILES string of the molecule is COc1cc([C@@H]2c3cc4c(cc3[C@@H](NC3=CC(=O)N(CCN5CCOCC5)C3=O)[C@H]3COC(=O)[C@H]23)OCO4)cc(OC)c1O[Si](C)(C)C(C)(C)C. The smallest absolute Gasteiger partial charge is 0.310 e. The third-order valence-corrected chi connectivity index (χ3v) is 15.6. The molecule has 1 N–H and O–H groups in total. The number of hydrogen-bond donors (Lipinski definition) is 1. The molecule has 4 heterocycles. The molecule has 7 rings (SSSR count). The Bertz CT molecular complexity index is 1740. The van der Waals surface area contributed by atoms with Gasteiger partial charge in [-0.2, -0.15) is 0 Å². The van der Waals surface area contributed by atoms with E-state index in [1.807, 2.05) is 24.3 Å². The summed E-state index contributed by atoms with van der Waals surface area (Å²) in [5.74, 6) is 0.00321. The number of imide groups is 1. The average Bonchev–Trinajstić information content (AvgIpc) is 3.79. The van der Waals surface area contributed by atoms with Gasteiger partial charge in [-0.15, -0.1) is 0 Å². The van der Waals surface area contributed by atoms with Crippen molar-refractivity contribution >= 4 is 26.1 Å². The maximum Gasteiger partial charge on any atom is 0.310 e. The van der Waals surface area contributed by atoms with Gasteiger partial charge in [-0.05, 0) is 59.1 Å². The third-order valence-electron chi connectivity index (χ3n) is 11.3. The number of methoxy groups -OCH3 is 2. The molecule has 14 heteroatoms. The molecule has 1 aliphatic carbocycles. The van der Waals surface area contributed by atoms with Gasteiger partial charge in [0, 0.05) is 44.1 Å². The number of amides is 2. The zero-order valence-corrected chi connectivity index (χ0v) is 31.3. The summed E-state index contributed by atoms with van der Waals surface area (Å²) in [5.41, 5.74) is 2.58. The molecule has 4 aliphatic heterocycles. The van der Waals surface area contributed by atoms with Crippen LogP contribution < -0.4 is 28.7 Å². The fraction of sp³-hybridized carbons (Fsp3) is 0.541. The van der Waals surface area contributed by atoms with Gasteiger partial charge in [-0.1, -0.05) is 20.8 Å². The van der Waals surface area contributed by atoms with Crippen LogP contribution in [-0.4, -0.2) is 103 Å². The average molecular weight is 722 g/mol. The number of benzene rings is 2. The van der Waals surface area contributed by atoms with Crippen LogP contribution in [0.25, 0.3) is 0 Å². The summed E-state index contributed by atoms with van der Waals surface area (Å²) in [4.78, 5) is 44.0. The molecule has 2 saturated heterocycles. The van der Waals surface area contributed by atoms with Crippen molar-refractivity contribution in [3.05, 3.63) is 52.7 Å². The lowest BCUT2D eigenvalue weighted by Crippen LogP contribution is -2.45. The Kier molecular flexibility index (Phi) is 9.21. The minimum atomic E-state index is -2.30. The van der Waals surface area contributed by atoms with E-state index in [1.165, 1.54) is 11.0 Å². The first-order chi connectivity index (χ1) is 24.3. The number of nitrogens with zero attached hydrogens (tertiary/aromatic N) is 2. The number of carbonyl (C=O) groups is 3. The molecule has 2 amide bonds. The van der Waals surface area contributed by atoms with Gasteiger partial charge >= 0.3 is 5.97 Å².